The molecule has 1 atom stereocenters. The Bertz CT molecular complexity index is 600. The van der Waals surface area contributed by atoms with Crippen LogP contribution in [0.4, 0.5) is 0 Å². The van der Waals surface area contributed by atoms with E-state index in [1.807, 2.05) is 24.3 Å². The van der Waals surface area contributed by atoms with E-state index in [1.165, 1.54) is 0 Å². The van der Waals surface area contributed by atoms with Gasteiger partial charge in [0.05, 0.1) is 18.2 Å². The Morgan fingerprint density at radius 2 is 2.15 bits per heavy atom. The van der Waals surface area contributed by atoms with E-state index >= 15 is 0 Å². The molecular formula is C13H15BrN4O2. The Balaban J connectivity index is 2.03. The number of hydrogen-bond acceptors (Lipinski definition) is 5. The number of nitrogens with zero attached hydrogens (tertiary/aromatic N) is 2. The van der Waals surface area contributed by atoms with Crippen LogP contribution in [0.5, 0.6) is 0 Å². The molecular weight excluding hydrogens is 324 g/mol. The molecule has 0 saturated carbocycles. The summed E-state index contributed by atoms with van der Waals surface area (Å²) in [4.78, 5) is 11.4. The Hall–Kier alpha value is -1.73. The first-order valence-corrected chi connectivity index (χ1v) is 6.93. The highest BCUT2D eigenvalue weighted by Gasteiger charge is 2.14. The van der Waals surface area contributed by atoms with Crippen LogP contribution in [0.15, 0.2) is 33.2 Å². The number of halogens is 1. The summed E-state index contributed by atoms with van der Waals surface area (Å²) in [6.45, 7) is 2.11. The van der Waals surface area contributed by atoms with Gasteiger partial charge >= 0.3 is 0 Å². The van der Waals surface area contributed by atoms with Crippen molar-refractivity contribution in [3.05, 3.63) is 34.6 Å². The molecule has 1 unspecified atom stereocenters. The van der Waals surface area contributed by atoms with Crippen molar-refractivity contribution in [2.75, 3.05) is 7.05 Å². The number of nitrogens with one attached hydrogen (secondary N) is 2. The lowest BCUT2D eigenvalue weighted by Gasteiger charge is -2.09. The van der Waals surface area contributed by atoms with Gasteiger partial charge < -0.3 is 9.73 Å². The van der Waals surface area contributed by atoms with E-state index in [0.717, 1.165) is 10.0 Å². The lowest BCUT2D eigenvalue weighted by Crippen LogP contribution is -2.40. The van der Waals surface area contributed by atoms with Crippen LogP contribution < -0.4 is 10.6 Å². The van der Waals surface area contributed by atoms with Gasteiger partial charge in [0.2, 0.25) is 17.7 Å². The lowest BCUT2D eigenvalue weighted by molar-refractivity contribution is -0.122. The maximum Gasteiger partial charge on any atom is 0.248 e. The van der Waals surface area contributed by atoms with Crippen LogP contribution in [-0.2, 0) is 11.3 Å². The third-order valence-corrected chi connectivity index (χ3v) is 3.46. The van der Waals surface area contributed by atoms with Crippen molar-refractivity contribution < 1.29 is 9.21 Å². The first-order chi connectivity index (χ1) is 9.61. The molecule has 1 amide bonds. The number of carbonyl (C=O) groups excluding carboxylic acids is 1. The minimum Gasteiger partial charge on any atom is -0.419 e. The third-order valence-electron chi connectivity index (χ3n) is 2.77. The Morgan fingerprint density at radius 3 is 2.85 bits per heavy atom. The SMILES string of the molecule is CNC(=O)C(C)NCc1nnc(-c2ccccc2Br)o1. The number of aromatic nitrogens is 2. The average Bonchev–Trinajstić information content (AvgIpc) is 2.93. The number of rotatable bonds is 5. The van der Waals surface area contributed by atoms with Crippen LogP contribution in [0, 0.1) is 0 Å². The molecule has 2 N–H and O–H groups in total. The van der Waals surface area contributed by atoms with Gasteiger partial charge in [0.15, 0.2) is 0 Å². The highest BCUT2D eigenvalue weighted by atomic mass is 79.9. The third kappa shape index (κ3) is 3.43. The summed E-state index contributed by atoms with van der Waals surface area (Å²) >= 11 is 3.44. The summed E-state index contributed by atoms with van der Waals surface area (Å²) in [6, 6.07) is 7.29. The van der Waals surface area contributed by atoms with Gasteiger partial charge in [-0.3, -0.25) is 10.1 Å². The first-order valence-electron chi connectivity index (χ1n) is 6.14. The summed E-state index contributed by atoms with van der Waals surface area (Å²) in [5, 5.41) is 13.5. The van der Waals surface area contributed by atoms with Crippen LogP contribution in [0.2, 0.25) is 0 Å². The Morgan fingerprint density at radius 1 is 1.40 bits per heavy atom. The summed E-state index contributed by atoms with van der Waals surface area (Å²) in [5.74, 6) is 0.795. The van der Waals surface area contributed by atoms with Gasteiger partial charge in [-0.25, -0.2) is 0 Å². The molecule has 0 radical (unpaired) electrons. The topological polar surface area (TPSA) is 80.0 Å². The minimum atomic E-state index is -0.321. The van der Waals surface area contributed by atoms with Crippen molar-refractivity contribution >= 4 is 21.8 Å². The molecule has 0 spiro atoms. The van der Waals surface area contributed by atoms with Gasteiger partial charge in [-0.15, -0.1) is 10.2 Å². The van der Waals surface area contributed by atoms with Crippen LogP contribution in [-0.4, -0.2) is 29.2 Å². The predicted octanol–water partition coefficient (Wildman–Crippen LogP) is 1.72. The Labute approximate surface area is 125 Å². The smallest absolute Gasteiger partial charge is 0.248 e. The van der Waals surface area contributed by atoms with Crippen LogP contribution in [0.25, 0.3) is 11.5 Å². The van der Waals surface area contributed by atoms with Crippen molar-refractivity contribution in [1.29, 1.82) is 0 Å². The van der Waals surface area contributed by atoms with Gasteiger partial charge in [0, 0.05) is 11.5 Å². The second-order valence-electron chi connectivity index (χ2n) is 4.20. The molecule has 0 bridgehead atoms. The summed E-state index contributed by atoms with van der Waals surface area (Å²) < 4.78 is 6.46. The predicted molar refractivity (Wildman–Crippen MR) is 77.8 cm³/mol. The highest BCUT2D eigenvalue weighted by Crippen LogP contribution is 2.26. The zero-order valence-electron chi connectivity index (χ0n) is 11.2. The number of likely N-dealkylation sites (N-methyl/N-ethyl adjacent to an activating group) is 1. The summed E-state index contributed by atoms with van der Waals surface area (Å²) in [6.07, 6.45) is 0. The second kappa shape index (κ2) is 6.62. The van der Waals surface area contributed by atoms with E-state index in [0.29, 0.717) is 18.3 Å². The van der Waals surface area contributed by atoms with Crippen LogP contribution in [0.1, 0.15) is 12.8 Å². The molecule has 0 saturated heterocycles. The molecule has 0 aliphatic rings. The molecule has 0 aliphatic carbocycles. The zero-order chi connectivity index (χ0) is 14.5. The molecule has 7 heteroatoms. The van der Waals surface area contributed by atoms with Gasteiger partial charge in [-0.1, -0.05) is 12.1 Å². The van der Waals surface area contributed by atoms with Crippen molar-refractivity contribution in [2.24, 2.45) is 0 Å². The highest BCUT2D eigenvalue weighted by molar-refractivity contribution is 9.10. The summed E-state index contributed by atoms with van der Waals surface area (Å²) in [7, 11) is 1.60. The fourth-order valence-electron chi connectivity index (χ4n) is 1.62. The molecule has 106 valence electrons. The molecule has 0 aliphatic heterocycles. The van der Waals surface area contributed by atoms with Crippen molar-refractivity contribution in [1.82, 2.24) is 20.8 Å². The van der Waals surface area contributed by atoms with Crippen molar-refractivity contribution in [3.63, 3.8) is 0 Å². The molecule has 1 aromatic heterocycles. The monoisotopic (exact) mass is 338 g/mol. The Kier molecular flexibility index (Phi) is 4.86. The van der Waals surface area contributed by atoms with Crippen molar-refractivity contribution in [2.45, 2.75) is 19.5 Å². The fraction of sp³-hybridized carbons (Fsp3) is 0.308. The average molecular weight is 339 g/mol. The maximum atomic E-state index is 11.4. The largest absolute Gasteiger partial charge is 0.419 e. The van der Waals surface area contributed by atoms with E-state index in [2.05, 4.69) is 36.8 Å². The molecule has 0 fully saturated rings. The summed E-state index contributed by atoms with van der Waals surface area (Å²) in [5.41, 5.74) is 0.839. The van der Waals surface area contributed by atoms with Gasteiger partial charge in [0.25, 0.3) is 0 Å². The molecule has 1 aromatic carbocycles. The van der Waals surface area contributed by atoms with Crippen LogP contribution >= 0.6 is 15.9 Å². The van der Waals surface area contributed by atoms with E-state index in [1.54, 1.807) is 14.0 Å². The molecule has 2 aromatic rings. The normalized spacial score (nSPS) is 12.2. The first kappa shape index (κ1) is 14.7. The standard InChI is InChI=1S/C13H15BrN4O2/c1-8(12(19)15-2)16-7-11-17-18-13(20-11)9-5-3-4-6-10(9)14/h3-6,8,16H,7H2,1-2H3,(H,15,19). The number of benzene rings is 1. The minimum absolute atomic E-state index is 0.0875. The number of hydrogen-bond donors (Lipinski definition) is 2. The van der Waals surface area contributed by atoms with Gasteiger partial charge in [0.1, 0.15) is 0 Å². The van der Waals surface area contributed by atoms with Crippen LogP contribution in [0.3, 0.4) is 0 Å². The molecule has 20 heavy (non-hydrogen) atoms. The molecule has 6 nitrogen and oxygen atoms in total. The van der Waals surface area contributed by atoms with Gasteiger partial charge in [-0.05, 0) is 35.0 Å². The fourth-order valence-corrected chi connectivity index (χ4v) is 2.07. The molecule has 1 heterocycles. The number of carbonyl (C=O) groups is 1. The van der Waals surface area contributed by atoms with E-state index in [4.69, 9.17) is 4.42 Å². The molecule has 2 rings (SSSR count). The van der Waals surface area contributed by atoms with Gasteiger partial charge in [-0.2, -0.15) is 0 Å². The number of amides is 1. The maximum absolute atomic E-state index is 11.4. The quantitative estimate of drug-likeness (QED) is 0.867. The van der Waals surface area contributed by atoms with E-state index < -0.39 is 0 Å². The van der Waals surface area contributed by atoms with Crippen molar-refractivity contribution in [3.8, 4) is 11.5 Å². The van der Waals surface area contributed by atoms with E-state index in [-0.39, 0.29) is 11.9 Å². The van der Waals surface area contributed by atoms with E-state index in [9.17, 15) is 4.79 Å². The zero-order valence-corrected chi connectivity index (χ0v) is 12.8. The lowest BCUT2D eigenvalue weighted by atomic mass is 10.2. The second-order valence-corrected chi connectivity index (χ2v) is 5.05.